The Bertz CT molecular complexity index is 76.0. The molecule has 0 aromatic carbocycles. The van der Waals surface area contributed by atoms with Crippen LogP contribution in [0.15, 0.2) is 0 Å². The molecular formula is C7H17NO2. The summed E-state index contributed by atoms with van der Waals surface area (Å²) in [4.78, 5) is 0. The zero-order chi connectivity index (χ0) is 7.98. The van der Waals surface area contributed by atoms with Crippen LogP contribution in [0.25, 0.3) is 0 Å². The molecule has 0 saturated carbocycles. The van der Waals surface area contributed by atoms with Gasteiger partial charge in [-0.25, -0.2) is 0 Å². The molecule has 0 bridgehead atoms. The molecule has 0 radical (unpaired) electrons. The van der Waals surface area contributed by atoms with Gasteiger partial charge in [-0.15, -0.1) is 0 Å². The molecule has 0 spiro atoms. The summed E-state index contributed by atoms with van der Waals surface area (Å²) in [5, 5.41) is 20.7. The minimum atomic E-state index is -0.475. The summed E-state index contributed by atoms with van der Waals surface area (Å²) in [6.07, 6.45) is 0.542. The Labute approximate surface area is 62.1 Å². The van der Waals surface area contributed by atoms with Gasteiger partial charge in [0.25, 0.3) is 0 Å². The van der Waals surface area contributed by atoms with Gasteiger partial charge in [0.1, 0.15) is 0 Å². The third-order valence-electron chi connectivity index (χ3n) is 1.44. The number of rotatable bonds is 5. The summed E-state index contributed by atoms with van der Waals surface area (Å²) in [6.45, 7) is 4.56. The van der Waals surface area contributed by atoms with Crippen LogP contribution < -0.4 is 5.32 Å². The fraction of sp³-hybridized carbons (Fsp3) is 1.00. The van der Waals surface area contributed by atoms with E-state index in [2.05, 4.69) is 5.32 Å². The molecule has 0 aliphatic carbocycles. The average Bonchev–Trinajstić information content (AvgIpc) is 1.89. The summed E-state index contributed by atoms with van der Waals surface area (Å²) >= 11 is 0. The van der Waals surface area contributed by atoms with E-state index in [0.29, 0.717) is 0 Å². The van der Waals surface area contributed by atoms with Crippen molar-refractivity contribution >= 4 is 0 Å². The maximum Gasteiger partial charge on any atom is 0.0687 e. The van der Waals surface area contributed by atoms with Crippen LogP contribution in [0.4, 0.5) is 0 Å². The molecule has 3 heteroatoms. The van der Waals surface area contributed by atoms with Crippen LogP contribution in [0.5, 0.6) is 0 Å². The normalized spacial score (nSPS) is 16.8. The van der Waals surface area contributed by atoms with Gasteiger partial charge in [0, 0.05) is 0 Å². The molecule has 0 saturated heterocycles. The van der Waals surface area contributed by atoms with E-state index < -0.39 is 6.10 Å². The lowest BCUT2D eigenvalue weighted by atomic mass is 10.2. The predicted molar refractivity (Wildman–Crippen MR) is 40.8 cm³/mol. The van der Waals surface area contributed by atoms with Crippen LogP contribution in [-0.2, 0) is 0 Å². The predicted octanol–water partition coefficient (Wildman–Crippen LogP) is -0.272. The largest absolute Gasteiger partial charge is 0.395 e. The molecular weight excluding hydrogens is 130 g/mol. The van der Waals surface area contributed by atoms with Crippen LogP contribution in [-0.4, -0.2) is 35.5 Å². The van der Waals surface area contributed by atoms with Crippen molar-refractivity contribution in [3.05, 3.63) is 0 Å². The maximum absolute atomic E-state index is 9.02. The maximum atomic E-state index is 9.02. The second kappa shape index (κ2) is 5.65. The first-order chi connectivity index (χ1) is 4.72. The van der Waals surface area contributed by atoms with Crippen molar-refractivity contribution in [3.63, 3.8) is 0 Å². The molecule has 0 amide bonds. The van der Waals surface area contributed by atoms with Crippen LogP contribution >= 0.6 is 0 Å². The van der Waals surface area contributed by atoms with Gasteiger partial charge in [0.15, 0.2) is 0 Å². The second-order valence-electron chi connectivity index (χ2n) is 2.48. The highest BCUT2D eigenvalue weighted by Crippen LogP contribution is 1.90. The van der Waals surface area contributed by atoms with Gasteiger partial charge in [0.05, 0.1) is 18.8 Å². The third kappa shape index (κ3) is 3.82. The van der Waals surface area contributed by atoms with E-state index in [4.69, 9.17) is 10.2 Å². The Morgan fingerprint density at radius 3 is 2.40 bits per heavy atom. The summed E-state index contributed by atoms with van der Waals surface area (Å²) in [7, 11) is 0. The van der Waals surface area contributed by atoms with Gasteiger partial charge in [-0.05, 0) is 19.9 Å². The Kier molecular flexibility index (Phi) is 5.58. The lowest BCUT2D eigenvalue weighted by Gasteiger charge is -2.17. The van der Waals surface area contributed by atoms with Gasteiger partial charge >= 0.3 is 0 Å². The van der Waals surface area contributed by atoms with Crippen LogP contribution in [0, 0.1) is 0 Å². The summed E-state index contributed by atoms with van der Waals surface area (Å²) in [5.74, 6) is 0. The first kappa shape index (κ1) is 9.88. The Morgan fingerprint density at radius 1 is 1.50 bits per heavy atom. The zero-order valence-corrected chi connectivity index (χ0v) is 6.67. The molecule has 0 aliphatic heterocycles. The first-order valence-corrected chi connectivity index (χ1v) is 3.74. The van der Waals surface area contributed by atoms with Crippen molar-refractivity contribution in [2.45, 2.75) is 32.4 Å². The molecule has 0 fully saturated rings. The SMILES string of the molecule is CCCN[C@H](CO)[C@@H](C)O. The van der Waals surface area contributed by atoms with E-state index in [1.54, 1.807) is 6.92 Å². The van der Waals surface area contributed by atoms with Crippen molar-refractivity contribution in [2.75, 3.05) is 13.2 Å². The van der Waals surface area contributed by atoms with Gasteiger partial charge in [0.2, 0.25) is 0 Å². The Morgan fingerprint density at radius 2 is 2.10 bits per heavy atom. The van der Waals surface area contributed by atoms with Gasteiger partial charge in [-0.1, -0.05) is 6.92 Å². The molecule has 62 valence electrons. The van der Waals surface area contributed by atoms with Crippen LogP contribution in [0.2, 0.25) is 0 Å². The minimum Gasteiger partial charge on any atom is -0.395 e. The standard InChI is InChI=1S/C7H17NO2/c1-3-4-8-7(5-9)6(2)10/h6-10H,3-5H2,1-2H3/t6-,7-/m1/s1. The molecule has 0 rings (SSSR count). The van der Waals surface area contributed by atoms with Gasteiger partial charge < -0.3 is 15.5 Å². The molecule has 2 atom stereocenters. The first-order valence-electron chi connectivity index (χ1n) is 3.74. The quantitative estimate of drug-likeness (QED) is 0.501. The fourth-order valence-electron chi connectivity index (χ4n) is 0.717. The number of hydrogen-bond acceptors (Lipinski definition) is 3. The van der Waals surface area contributed by atoms with Crippen molar-refractivity contribution in [1.29, 1.82) is 0 Å². The van der Waals surface area contributed by atoms with Gasteiger partial charge in [-0.3, -0.25) is 0 Å². The van der Waals surface area contributed by atoms with E-state index in [0.717, 1.165) is 13.0 Å². The van der Waals surface area contributed by atoms with Crippen LogP contribution in [0.3, 0.4) is 0 Å². The monoisotopic (exact) mass is 147 g/mol. The molecule has 0 aromatic heterocycles. The van der Waals surface area contributed by atoms with Crippen molar-refractivity contribution in [1.82, 2.24) is 5.32 Å². The van der Waals surface area contributed by atoms with Crippen molar-refractivity contribution in [3.8, 4) is 0 Å². The Hall–Kier alpha value is -0.120. The average molecular weight is 147 g/mol. The molecule has 0 aliphatic rings. The molecule has 0 heterocycles. The van der Waals surface area contributed by atoms with E-state index in [1.165, 1.54) is 0 Å². The van der Waals surface area contributed by atoms with Gasteiger partial charge in [-0.2, -0.15) is 0 Å². The molecule has 0 unspecified atom stereocenters. The molecule has 0 aromatic rings. The van der Waals surface area contributed by atoms with E-state index >= 15 is 0 Å². The second-order valence-corrected chi connectivity index (χ2v) is 2.48. The van der Waals surface area contributed by atoms with Crippen molar-refractivity contribution < 1.29 is 10.2 Å². The smallest absolute Gasteiger partial charge is 0.0687 e. The zero-order valence-electron chi connectivity index (χ0n) is 6.67. The molecule has 3 N–H and O–H groups in total. The summed E-state index contributed by atoms with van der Waals surface area (Å²) in [6, 6.07) is -0.167. The summed E-state index contributed by atoms with van der Waals surface area (Å²) < 4.78 is 0. The van der Waals surface area contributed by atoms with Crippen LogP contribution in [0.1, 0.15) is 20.3 Å². The number of aliphatic hydroxyl groups excluding tert-OH is 2. The highest BCUT2D eigenvalue weighted by Gasteiger charge is 2.10. The number of aliphatic hydroxyl groups is 2. The molecule has 3 nitrogen and oxygen atoms in total. The minimum absolute atomic E-state index is 0.00231. The van der Waals surface area contributed by atoms with E-state index in [-0.39, 0.29) is 12.6 Å². The summed E-state index contributed by atoms with van der Waals surface area (Å²) in [5.41, 5.74) is 0. The Balaban J connectivity index is 3.40. The van der Waals surface area contributed by atoms with E-state index in [9.17, 15) is 0 Å². The highest BCUT2D eigenvalue weighted by molar-refractivity contribution is 4.70. The molecule has 10 heavy (non-hydrogen) atoms. The third-order valence-corrected chi connectivity index (χ3v) is 1.44. The number of hydrogen-bond donors (Lipinski definition) is 3. The van der Waals surface area contributed by atoms with Crippen molar-refractivity contribution in [2.24, 2.45) is 0 Å². The number of nitrogens with one attached hydrogen (secondary N) is 1. The lowest BCUT2D eigenvalue weighted by Crippen LogP contribution is -2.41. The van der Waals surface area contributed by atoms with E-state index in [1.807, 2.05) is 6.92 Å². The highest BCUT2D eigenvalue weighted by atomic mass is 16.3. The fourth-order valence-corrected chi connectivity index (χ4v) is 0.717. The topological polar surface area (TPSA) is 52.5 Å². The lowest BCUT2D eigenvalue weighted by molar-refractivity contribution is 0.104.